The van der Waals surface area contributed by atoms with Gasteiger partial charge in [-0.3, -0.25) is 4.79 Å². The molecule has 4 heteroatoms. The van der Waals surface area contributed by atoms with E-state index in [0.717, 1.165) is 19.1 Å². The van der Waals surface area contributed by atoms with Gasteiger partial charge in [-0.2, -0.15) is 0 Å². The highest BCUT2D eigenvalue weighted by atomic mass is 16.5. The zero-order valence-electron chi connectivity index (χ0n) is 7.45. The Labute approximate surface area is 72.7 Å². The number of carbonyl (C=O) groups is 1. The van der Waals surface area contributed by atoms with Crippen molar-refractivity contribution in [1.29, 1.82) is 0 Å². The number of ether oxygens (including phenoxy) is 1. The van der Waals surface area contributed by atoms with E-state index in [1.807, 2.05) is 0 Å². The number of aliphatic carboxylic acids is 1. The fourth-order valence-electron chi connectivity index (χ4n) is 0.815. The molecule has 0 aromatic heterocycles. The number of hydrogen-bond donors (Lipinski definition) is 2. The minimum Gasteiger partial charge on any atom is -0.480 e. The summed E-state index contributed by atoms with van der Waals surface area (Å²) in [7, 11) is 0. The standard InChI is InChI=1S/C6H12O.C2H5NO2/c1-6-2-4-7-5-3-6;3-1-2(4)5/h6H,2-5H2,1H3;1,3H2,(H,4,5). The van der Waals surface area contributed by atoms with Crippen molar-refractivity contribution in [3.8, 4) is 0 Å². The number of nitrogens with two attached hydrogens (primary N) is 1. The summed E-state index contributed by atoms with van der Waals surface area (Å²) in [6.07, 6.45) is 2.53. The summed E-state index contributed by atoms with van der Waals surface area (Å²) in [5.41, 5.74) is 4.57. The van der Waals surface area contributed by atoms with Crippen LogP contribution in [0.5, 0.6) is 0 Å². The van der Waals surface area contributed by atoms with Gasteiger partial charge >= 0.3 is 5.97 Å². The zero-order valence-corrected chi connectivity index (χ0v) is 7.45. The van der Waals surface area contributed by atoms with E-state index in [-0.39, 0.29) is 6.54 Å². The minimum atomic E-state index is -0.968. The number of carboxylic acids is 1. The molecule has 0 bridgehead atoms. The van der Waals surface area contributed by atoms with E-state index in [1.165, 1.54) is 12.8 Å². The first kappa shape index (κ1) is 11.4. The van der Waals surface area contributed by atoms with E-state index in [2.05, 4.69) is 12.7 Å². The number of carboxylic acid groups (broad SMARTS) is 1. The van der Waals surface area contributed by atoms with E-state index in [1.54, 1.807) is 0 Å². The van der Waals surface area contributed by atoms with Crippen molar-refractivity contribution in [1.82, 2.24) is 0 Å². The summed E-state index contributed by atoms with van der Waals surface area (Å²) in [6, 6.07) is 0. The van der Waals surface area contributed by atoms with Crippen LogP contribution in [0.2, 0.25) is 0 Å². The van der Waals surface area contributed by atoms with Crippen LogP contribution in [-0.2, 0) is 9.53 Å². The fraction of sp³-hybridized carbons (Fsp3) is 0.875. The molecule has 0 radical (unpaired) electrons. The second kappa shape index (κ2) is 7.06. The molecule has 1 fully saturated rings. The van der Waals surface area contributed by atoms with Gasteiger partial charge in [0, 0.05) is 13.2 Å². The molecule has 1 heterocycles. The Morgan fingerprint density at radius 3 is 2.17 bits per heavy atom. The highest BCUT2D eigenvalue weighted by Gasteiger charge is 2.06. The molecule has 0 amide bonds. The lowest BCUT2D eigenvalue weighted by Gasteiger charge is -2.16. The largest absolute Gasteiger partial charge is 0.480 e. The van der Waals surface area contributed by atoms with Crippen molar-refractivity contribution in [2.24, 2.45) is 11.7 Å². The molecule has 0 aliphatic carbocycles. The monoisotopic (exact) mass is 175 g/mol. The van der Waals surface area contributed by atoms with E-state index in [9.17, 15) is 4.79 Å². The van der Waals surface area contributed by atoms with Crippen LogP contribution >= 0.6 is 0 Å². The molecule has 3 N–H and O–H groups in total. The number of rotatable bonds is 1. The van der Waals surface area contributed by atoms with Crippen molar-refractivity contribution in [2.45, 2.75) is 19.8 Å². The summed E-state index contributed by atoms with van der Waals surface area (Å²) < 4.78 is 5.14. The molecule has 0 aromatic rings. The Hall–Kier alpha value is -0.610. The highest BCUT2D eigenvalue weighted by Crippen LogP contribution is 2.11. The Balaban J connectivity index is 0.000000217. The van der Waals surface area contributed by atoms with E-state index >= 15 is 0 Å². The fourth-order valence-corrected chi connectivity index (χ4v) is 0.815. The zero-order chi connectivity index (χ0) is 9.40. The topological polar surface area (TPSA) is 72.5 Å². The van der Waals surface area contributed by atoms with Crippen LogP contribution in [0.3, 0.4) is 0 Å². The van der Waals surface area contributed by atoms with Crippen LogP contribution < -0.4 is 5.73 Å². The minimum absolute atomic E-state index is 0.278. The molecule has 1 aliphatic rings. The first-order valence-corrected chi connectivity index (χ1v) is 4.16. The molecule has 12 heavy (non-hydrogen) atoms. The molecule has 0 atom stereocenters. The molecule has 1 saturated heterocycles. The quantitative estimate of drug-likeness (QED) is 0.607. The van der Waals surface area contributed by atoms with Crippen LogP contribution in [0, 0.1) is 5.92 Å². The maximum atomic E-state index is 9.24. The molecular formula is C8H17NO3. The predicted molar refractivity (Wildman–Crippen MR) is 45.9 cm³/mol. The van der Waals surface area contributed by atoms with Crippen molar-refractivity contribution < 1.29 is 14.6 Å². The lowest BCUT2D eigenvalue weighted by atomic mass is 10.0. The smallest absolute Gasteiger partial charge is 0.317 e. The average molecular weight is 175 g/mol. The van der Waals surface area contributed by atoms with Gasteiger partial charge in [-0.05, 0) is 18.8 Å². The first-order valence-electron chi connectivity index (χ1n) is 4.16. The van der Waals surface area contributed by atoms with Crippen molar-refractivity contribution in [2.75, 3.05) is 19.8 Å². The maximum Gasteiger partial charge on any atom is 0.317 e. The lowest BCUT2D eigenvalue weighted by Crippen LogP contribution is -2.12. The van der Waals surface area contributed by atoms with E-state index < -0.39 is 5.97 Å². The van der Waals surface area contributed by atoms with Gasteiger partial charge in [0.1, 0.15) is 0 Å². The van der Waals surface area contributed by atoms with Gasteiger partial charge in [-0.1, -0.05) is 6.92 Å². The third kappa shape index (κ3) is 7.50. The Morgan fingerprint density at radius 1 is 1.58 bits per heavy atom. The Bertz CT molecular complexity index is 121. The molecule has 0 saturated carbocycles. The van der Waals surface area contributed by atoms with Crippen molar-refractivity contribution >= 4 is 5.97 Å². The van der Waals surface area contributed by atoms with Crippen molar-refractivity contribution in [3.05, 3.63) is 0 Å². The third-order valence-electron chi connectivity index (χ3n) is 1.68. The maximum absolute atomic E-state index is 9.24. The van der Waals surface area contributed by atoms with E-state index in [4.69, 9.17) is 9.84 Å². The highest BCUT2D eigenvalue weighted by molar-refractivity contribution is 5.68. The molecule has 72 valence electrons. The predicted octanol–water partition coefficient (Wildman–Crippen LogP) is 0.463. The summed E-state index contributed by atoms with van der Waals surface area (Å²) in [4.78, 5) is 9.24. The summed E-state index contributed by atoms with van der Waals surface area (Å²) >= 11 is 0. The summed E-state index contributed by atoms with van der Waals surface area (Å²) in [5.74, 6) is -0.0567. The van der Waals surface area contributed by atoms with Gasteiger partial charge < -0.3 is 15.6 Å². The van der Waals surface area contributed by atoms with Crippen LogP contribution in [0.25, 0.3) is 0 Å². The number of hydrogen-bond acceptors (Lipinski definition) is 3. The van der Waals surface area contributed by atoms with Crippen LogP contribution in [0.4, 0.5) is 0 Å². The average Bonchev–Trinajstić information content (AvgIpc) is 2.07. The SMILES string of the molecule is CC1CCOCC1.NCC(=O)O. The molecule has 0 aromatic carbocycles. The summed E-state index contributed by atoms with van der Waals surface area (Å²) in [6.45, 7) is 3.98. The second-order valence-electron chi connectivity index (χ2n) is 2.89. The Morgan fingerprint density at radius 2 is 2.00 bits per heavy atom. The first-order chi connectivity index (χ1) is 5.66. The Kier molecular flexibility index (Phi) is 6.70. The molecule has 1 rings (SSSR count). The van der Waals surface area contributed by atoms with Crippen molar-refractivity contribution in [3.63, 3.8) is 0 Å². The summed E-state index contributed by atoms with van der Waals surface area (Å²) in [5, 5.41) is 7.60. The lowest BCUT2D eigenvalue weighted by molar-refractivity contribution is -0.135. The molecule has 4 nitrogen and oxygen atoms in total. The van der Waals surface area contributed by atoms with Crippen LogP contribution in [0.15, 0.2) is 0 Å². The molecule has 0 spiro atoms. The van der Waals surface area contributed by atoms with Gasteiger partial charge in [-0.15, -0.1) is 0 Å². The molecule has 1 aliphatic heterocycles. The van der Waals surface area contributed by atoms with Gasteiger partial charge in [0.2, 0.25) is 0 Å². The van der Waals surface area contributed by atoms with Gasteiger partial charge in [-0.25, -0.2) is 0 Å². The molecular weight excluding hydrogens is 158 g/mol. The van der Waals surface area contributed by atoms with Crippen LogP contribution in [-0.4, -0.2) is 30.8 Å². The molecule has 0 unspecified atom stereocenters. The third-order valence-corrected chi connectivity index (χ3v) is 1.68. The normalized spacial score (nSPS) is 17.8. The van der Waals surface area contributed by atoms with Gasteiger partial charge in [0.05, 0.1) is 6.54 Å². The van der Waals surface area contributed by atoms with Crippen LogP contribution in [0.1, 0.15) is 19.8 Å². The second-order valence-corrected chi connectivity index (χ2v) is 2.89. The van der Waals surface area contributed by atoms with Gasteiger partial charge in [0.15, 0.2) is 0 Å². The van der Waals surface area contributed by atoms with Gasteiger partial charge in [0.25, 0.3) is 0 Å². The van der Waals surface area contributed by atoms with E-state index in [0.29, 0.717) is 0 Å².